The summed E-state index contributed by atoms with van der Waals surface area (Å²) in [7, 11) is 1.72. The lowest BCUT2D eigenvalue weighted by Gasteiger charge is -2.30. The number of hydrogen-bond donors (Lipinski definition) is 1. The van der Waals surface area contributed by atoms with E-state index in [0.717, 1.165) is 43.8 Å². The van der Waals surface area contributed by atoms with Crippen LogP contribution in [-0.4, -0.2) is 68.7 Å². The molecule has 2 heterocycles. The predicted molar refractivity (Wildman–Crippen MR) is 117 cm³/mol. The van der Waals surface area contributed by atoms with Crippen LogP contribution >= 0.6 is 0 Å². The maximum Gasteiger partial charge on any atom is 0.193 e. The van der Waals surface area contributed by atoms with Gasteiger partial charge in [0.05, 0.1) is 7.11 Å². The van der Waals surface area contributed by atoms with E-state index in [1.54, 1.807) is 7.11 Å². The zero-order chi connectivity index (χ0) is 19.8. The Morgan fingerprint density at radius 3 is 2.50 bits per heavy atom. The third kappa shape index (κ3) is 5.63. The monoisotopic (exact) mass is 386 g/mol. The van der Waals surface area contributed by atoms with E-state index in [4.69, 9.17) is 9.73 Å². The lowest BCUT2D eigenvalue weighted by molar-refractivity contribution is 0.188. The Hall–Kier alpha value is -1.75. The lowest BCUT2D eigenvalue weighted by Crippen LogP contribution is -2.40. The van der Waals surface area contributed by atoms with Gasteiger partial charge in [-0.15, -0.1) is 0 Å². The summed E-state index contributed by atoms with van der Waals surface area (Å²) in [5, 5.41) is 3.52. The fraction of sp³-hybridized carbons (Fsp3) is 0.696. The molecule has 5 nitrogen and oxygen atoms in total. The Balaban J connectivity index is 1.51. The first kappa shape index (κ1) is 21.0. The zero-order valence-corrected chi connectivity index (χ0v) is 18.0. The molecule has 1 atom stereocenters. The number of aliphatic imine (C=N–C) groups is 1. The largest absolute Gasteiger partial charge is 0.497 e. The van der Waals surface area contributed by atoms with Crippen LogP contribution in [0.3, 0.4) is 0 Å². The van der Waals surface area contributed by atoms with Crippen LogP contribution in [0.4, 0.5) is 0 Å². The smallest absolute Gasteiger partial charge is 0.193 e. The van der Waals surface area contributed by atoms with Crippen LogP contribution in [0.25, 0.3) is 0 Å². The molecule has 0 amide bonds. The molecule has 0 aliphatic carbocycles. The van der Waals surface area contributed by atoms with Crippen molar-refractivity contribution in [2.45, 2.75) is 45.4 Å². The molecule has 2 aliphatic rings. The summed E-state index contributed by atoms with van der Waals surface area (Å²) in [6, 6.07) is 8.56. The summed E-state index contributed by atoms with van der Waals surface area (Å²) >= 11 is 0. The van der Waals surface area contributed by atoms with Crippen molar-refractivity contribution >= 4 is 5.96 Å². The summed E-state index contributed by atoms with van der Waals surface area (Å²) in [5.41, 5.74) is 1.40. The Morgan fingerprint density at radius 1 is 1.11 bits per heavy atom. The summed E-state index contributed by atoms with van der Waals surface area (Å²) in [4.78, 5) is 9.99. The van der Waals surface area contributed by atoms with Gasteiger partial charge in [-0.1, -0.05) is 19.1 Å². The molecule has 0 spiro atoms. The second-order valence-electron chi connectivity index (χ2n) is 8.11. The van der Waals surface area contributed by atoms with Crippen LogP contribution in [0.2, 0.25) is 0 Å². The fourth-order valence-corrected chi connectivity index (χ4v) is 4.47. The molecule has 156 valence electrons. The number of likely N-dealkylation sites (tertiary alicyclic amines) is 2. The van der Waals surface area contributed by atoms with E-state index in [-0.39, 0.29) is 0 Å². The average Bonchev–Trinajstić information content (AvgIpc) is 3.24. The highest BCUT2D eigenvalue weighted by Crippen LogP contribution is 2.28. The topological polar surface area (TPSA) is 40.1 Å². The maximum absolute atomic E-state index is 5.29. The van der Waals surface area contributed by atoms with Gasteiger partial charge < -0.3 is 19.9 Å². The van der Waals surface area contributed by atoms with Crippen molar-refractivity contribution < 1.29 is 4.74 Å². The number of methoxy groups -OCH3 is 1. The highest BCUT2D eigenvalue weighted by molar-refractivity contribution is 5.80. The molecule has 0 bridgehead atoms. The summed E-state index contributed by atoms with van der Waals surface area (Å²) in [6.45, 7) is 12.2. The van der Waals surface area contributed by atoms with Gasteiger partial charge in [0.25, 0.3) is 0 Å². The number of hydrogen-bond acceptors (Lipinski definition) is 3. The van der Waals surface area contributed by atoms with Crippen LogP contribution < -0.4 is 10.1 Å². The van der Waals surface area contributed by atoms with Crippen LogP contribution in [0.5, 0.6) is 5.75 Å². The van der Waals surface area contributed by atoms with E-state index in [0.29, 0.717) is 5.92 Å². The normalized spacial score (nSPS) is 21.9. The van der Waals surface area contributed by atoms with E-state index in [1.807, 2.05) is 0 Å². The van der Waals surface area contributed by atoms with Crippen LogP contribution in [0, 0.1) is 5.92 Å². The number of piperidine rings is 1. The van der Waals surface area contributed by atoms with Crippen molar-refractivity contribution in [3.63, 3.8) is 0 Å². The van der Waals surface area contributed by atoms with E-state index >= 15 is 0 Å². The van der Waals surface area contributed by atoms with Gasteiger partial charge in [-0.3, -0.25) is 4.99 Å². The molecule has 3 rings (SSSR count). The van der Waals surface area contributed by atoms with Gasteiger partial charge in [0.15, 0.2) is 5.96 Å². The van der Waals surface area contributed by atoms with E-state index < -0.39 is 0 Å². The molecule has 28 heavy (non-hydrogen) atoms. The minimum absolute atomic E-state index is 0.577. The summed E-state index contributed by atoms with van der Waals surface area (Å²) in [6.07, 6.45) is 5.08. The van der Waals surface area contributed by atoms with Gasteiger partial charge >= 0.3 is 0 Å². The van der Waals surface area contributed by atoms with Gasteiger partial charge in [-0.25, -0.2) is 0 Å². The molecule has 2 fully saturated rings. The van der Waals surface area contributed by atoms with Gasteiger partial charge in [-0.05, 0) is 75.9 Å². The Bertz CT molecular complexity index is 608. The second-order valence-corrected chi connectivity index (χ2v) is 8.11. The lowest BCUT2D eigenvalue weighted by atomic mass is 9.94. The third-order valence-corrected chi connectivity index (χ3v) is 6.36. The average molecular weight is 387 g/mol. The van der Waals surface area contributed by atoms with E-state index in [9.17, 15) is 0 Å². The predicted octanol–water partition coefficient (Wildman–Crippen LogP) is 3.57. The number of benzene rings is 1. The summed E-state index contributed by atoms with van der Waals surface area (Å²) in [5.74, 6) is 3.45. The molecule has 1 aromatic rings. The molecule has 0 aromatic heterocycles. The van der Waals surface area contributed by atoms with Crippen molar-refractivity contribution in [1.82, 2.24) is 15.1 Å². The van der Waals surface area contributed by atoms with Crippen LogP contribution in [0.1, 0.15) is 51.0 Å². The molecule has 1 N–H and O–H groups in total. The Morgan fingerprint density at radius 2 is 1.86 bits per heavy atom. The van der Waals surface area contributed by atoms with E-state index in [2.05, 4.69) is 53.2 Å². The van der Waals surface area contributed by atoms with Gasteiger partial charge in [0.2, 0.25) is 0 Å². The van der Waals surface area contributed by atoms with E-state index in [1.165, 1.54) is 50.9 Å². The number of rotatable bonds is 7. The van der Waals surface area contributed by atoms with Gasteiger partial charge in [-0.2, -0.15) is 0 Å². The molecule has 0 radical (unpaired) electrons. The maximum atomic E-state index is 5.29. The van der Waals surface area contributed by atoms with Crippen LogP contribution in [0.15, 0.2) is 29.3 Å². The standard InChI is InChI=1S/C23H38N4O/c1-4-24-23(25-14-10-19-11-15-26(5-2)16-12-19)27-17-13-21(18-27)20-6-8-22(28-3)9-7-20/h6-9,19,21H,4-5,10-18H2,1-3H3,(H,24,25). The van der Waals surface area contributed by atoms with Crippen LogP contribution in [-0.2, 0) is 0 Å². The molecule has 2 aliphatic heterocycles. The van der Waals surface area contributed by atoms with Crippen molar-refractivity contribution in [1.29, 1.82) is 0 Å². The first-order valence-corrected chi connectivity index (χ1v) is 11.1. The number of guanidine groups is 1. The highest BCUT2D eigenvalue weighted by atomic mass is 16.5. The van der Waals surface area contributed by atoms with Crippen molar-refractivity contribution in [3.8, 4) is 5.75 Å². The van der Waals surface area contributed by atoms with Gasteiger partial charge in [0.1, 0.15) is 5.75 Å². The Labute approximate surface area is 171 Å². The molecule has 1 unspecified atom stereocenters. The molecule has 0 saturated carbocycles. The minimum atomic E-state index is 0.577. The molecule has 1 aromatic carbocycles. The second kappa shape index (κ2) is 10.7. The first-order chi connectivity index (χ1) is 13.7. The third-order valence-electron chi connectivity index (χ3n) is 6.36. The minimum Gasteiger partial charge on any atom is -0.497 e. The van der Waals surface area contributed by atoms with Crippen molar-refractivity contribution in [2.75, 3.05) is 52.9 Å². The quantitative estimate of drug-likeness (QED) is 0.574. The molecule has 2 saturated heterocycles. The summed E-state index contributed by atoms with van der Waals surface area (Å²) < 4.78 is 5.29. The van der Waals surface area contributed by atoms with Crippen molar-refractivity contribution in [3.05, 3.63) is 29.8 Å². The van der Waals surface area contributed by atoms with Gasteiger partial charge in [0, 0.05) is 32.1 Å². The molecular weight excluding hydrogens is 348 g/mol. The molecular formula is C23H38N4O. The SMILES string of the molecule is CCNC(=NCCC1CCN(CC)CC1)N1CCC(c2ccc(OC)cc2)C1. The van der Waals surface area contributed by atoms with Crippen molar-refractivity contribution in [2.24, 2.45) is 10.9 Å². The fourth-order valence-electron chi connectivity index (χ4n) is 4.47. The number of ether oxygens (including phenoxy) is 1. The zero-order valence-electron chi connectivity index (χ0n) is 18.0. The molecule has 5 heteroatoms. The highest BCUT2D eigenvalue weighted by Gasteiger charge is 2.26. The number of nitrogens with one attached hydrogen (secondary N) is 1. The Kier molecular flexibility index (Phi) is 8.01. The number of nitrogens with zero attached hydrogens (tertiary/aromatic N) is 3. The first-order valence-electron chi connectivity index (χ1n) is 11.1.